The number of carbonyl (C=O) groups excluding carboxylic acids is 1. The number of aromatic nitrogens is 2. The predicted octanol–water partition coefficient (Wildman–Crippen LogP) is 2.78. The van der Waals surface area contributed by atoms with Crippen LogP contribution in [0.5, 0.6) is 5.88 Å². The number of hydrogen-bond acceptors (Lipinski definition) is 4. The topological polar surface area (TPSA) is 55.3 Å². The number of carbonyl (C=O) groups is 1. The minimum Gasteiger partial charge on any atom is -0.472 e. The second kappa shape index (κ2) is 6.77. The molecule has 0 radical (unpaired) electrons. The van der Waals surface area contributed by atoms with E-state index in [4.69, 9.17) is 4.74 Å². The van der Waals surface area contributed by atoms with E-state index in [1.165, 1.54) is 0 Å². The summed E-state index contributed by atoms with van der Waals surface area (Å²) in [6.45, 7) is 5.20. The fourth-order valence-electron chi connectivity index (χ4n) is 2.85. The third-order valence-corrected chi connectivity index (χ3v) is 3.97. The number of rotatable bonds is 3. The van der Waals surface area contributed by atoms with Gasteiger partial charge in [-0.2, -0.15) is 4.98 Å². The molecule has 1 aromatic heterocycles. The summed E-state index contributed by atoms with van der Waals surface area (Å²) in [5.41, 5.74) is 1.83. The Morgan fingerprint density at radius 3 is 2.96 bits per heavy atom. The average Bonchev–Trinajstić information content (AvgIpc) is 2.54. The van der Waals surface area contributed by atoms with Gasteiger partial charge in [0, 0.05) is 24.4 Å². The summed E-state index contributed by atoms with van der Waals surface area (Å²) < 4.78 is 5.93. The zero-order valence-electron chi connectivity index (χ0n) is 13.5. The summed E-state index contributed by atoms with van der Waals surface area (Å²) in [6.07, 6.45) is 3.54. The smallest absolute Gasteiger partial charge is 0.253 e. The van der Waals surface area contributed by atoms with Crippen molar-refractivity contribution in [2.45, 2.75) is 32.8 Å². The van der Waals surface area contributed by atoms with E-state index in [0.29, 0.717) is 18.2 Å². The Labute approximate surface area is 136 Å². The summed E-state index contributed by atoms with van der Waals surface area (Å²) >= 11 is 0. The third kappa shape index (κ3) is 3.86. The Bertz CT molecular complexity index is 702. The molecule has 0 saturated carbocycles. The van der Waals surface area contributed by atoms with Crippen molar-refractivity contribution in [3.63, 3.8) is 0 Å². The Morgan fingerprint density at radius 1 is 1.30 bits per heavy atom. The fraction of sp³-hybridized carbons (Fsp3) is 0.389. The summed E-state index contributed by atoms with van der Waals surface area (Å²) in [7, 11) is 0. The van der Waals surface area contributed by atoms with E-state index in [1.54, 1.807) is 12.3 Å². The maximum absolute atomic E-state index is 12.6. The molecule has 1 aliphatic heterocycles. The van der Waals surface area contributed by atoms with Gasteiger partial charge in [0.25, 0.3) is 5.91 Å². The lowest BCUT2D eigenvalue weighted by molar-refractivity contribution is 0.0527. The van der Waals surface area contributed by atoms with E-state index >= 15 is 0 Å². The van der Waals surface area contributed by atoms with Crippen molar-refractivity contribution < 1.29 is 9.53 Å². The Morgan fingerprint density at radius 2 is 2.17 bits per heavy atom. The molecule has 5 nitrogen and oxygen atoms in total. The average molecular weight is 311 g/mol. The molecule has 1 fully saturated rings. The second-order valence-electron chi connectivity index (χ2n) is 5.94. The first kappa shape index (κ1) is 15.5. The van der Waals surface area contributed by atoms with Gasteiger partial charge in [-0.25, -0.2) is 4.98 Å². The minimum absolute atomic E-state index is 0.0215. The van der Waals surface area contributed by atoms with E-state index in [1.807, 2.05) is 43.0 Å². The van der Waals surface area contributed by atoms with E-state index < -0.39 is 0 Å². The van der Waals surface area contributed by atoms with Crippen LogP contribution in [0.1, 0.15) is 34.6 Å². The SMILES string of the molecule is Cc1cccc(C(=O)N2CCCC(Oc3ccnc(C)n3)C2)c1. The van der Waals surface area contributed by atoms with Crippen LogP contribution in [0, 0.1) is 13.8 Å². The Balaban J connectivity index is 1.67. The highest BCUT2D eigenvalue weighted by Gasteiger charge is 2.26. The van der Waals surface area contributed by atoms with Crippen molar-refractivity contribution >= 4 is 5.91 Å². The van der Waals surface area contributed by atoms with Crippen LogP contribution in [0.25, 0.3) is 0 Å². The largest absolute Gasteiger partial charge is 0.472 e. The zero-order chi connectivity index (χ0) is 16.2. The summed E-state index contributed by atoms with van der Waals surface area (Å²) in [6, 6.07) is 9.48. The molecule has 2 aromatic rings. The first-order chi connectivity index (χ1) is 11.1. The standard InChI is InChI=1S/C18H21N3O2/c1-13-5-3-6-15(11-13)18(22)21-10-4-7-16(12-21)23-17-8-9-19-14(2)20-17/h3,5-6,8-9,11,16H,4,7,10,12H2,1-2H3. The number of ether oxygens (including phenoxy) is 1. The van der Waals surface area contributed by atoms with Crippen molar-refractivity contribution in [1.29, 1.82) is 0 Å². The molecule has 1 unspecified atom stereocenters. The summed E-state index contributed by atoms with van der Waals surface area (Å²) in [4.78, 5) is 22.9. The van der Waals surface area contributed by atoms with Crippen LogP contribution in [-0.4, -0.2) is 40.0 Å². The highest BCUT2D eigenvalue weighted by molar-refractivity contribution is 5.94. The number of piperidine rings is 1. The molecule has 0 bridgehead atoms. The van der Waals surface area contributed by atoms with Gasteiger partial charge in [-0.3, -0.25) is 4.79 Å². The molecule has 0 spiro atoms. The number of amides is 1. The van der Waals surface area contributed by atoms with Gasteiger partial charge in [0.2, 0.25) is 5.88 Å². The van der Waals surface area contributed by atoms with Gasteiger partial charge >= 0.3 is 0 Å². The molecule has 1 amide bonds. The monoisotopic (exact) mass is 311 g/mol. The Kier molecular flexibility index (Phi) is 4.55. The molecule has 3 rings (SSSR count). The maximum Gasteiger partial charge on any atom is 0.253 e. The Hall–Kier alpha value is -2.43. The van der Waals surface area contributed by atoms with Crippen molar-refractivity contribution in [2.24, 2.45) is 0 Å². The highest BCUT2D eigenvalue weighted by atomic mass is 16.5. The number of hydrogen-bond donors (Lipinski definition) is 0. The van der Waals surface area contributed by atoms with Crippen molar-refractivity contribution in [3.8, 4) is 5.88 Å². The van der Waals surface area contributed by atoms with E-state index in [0.717, 1.165) is 30.5 Å². The molecule has 0 N–H and O–H groups in total. The number of nitrogens with zero attached hydrogens (tertiary/aromatic N) is 3. The summed E-state index contributed by atoms with van der Waals surface area (Å²) in [5, 5.41) is 0. The normalized spacial score (nSPS) is 17.8. The van der Waals surface area contributed by atoms with Crippen molar-refractivity contribution in [3.05, 3.63) is 53.5 Å². The van der Waals surface area contributed by atoms with Crippen LogP contribution in [0.4, 0.5) is 0 Å². The lowest BCUT2D eigenvalue weighted by Gasteiger charge is -2.32. The quantitative estimate of drug-likeness (QED) is 0.874. The molecule has 1 atom stereocenters. The third-order valence-electron chi connectivity index (χ3n) is 3.97. The van der Waals surface area contributed by atoms with Gasteiger partial charge in [-0.05, 0) is 38.8 Å². The number of aryl methyl sites for hydroxylation is 2. The zero-order valence-corrected chi connectivity index (χ0v) is 13.5. The molecule has 1 aromatic carbocycles. The van der Waals surface area contributed by atoms with Gasteiger partial charge in [-0.15, -0.1) is 0 Å². The first-order valence-electron chi connectivity index (χ1n) is 7.94. The number of benzene rings is 1. The molecule has 1 aliphatic rings. The van der Waals surface area contributed by atoms with Crippen LogP contribution >= 0.6 is 0 Å². The van der Waals surface area contributed by atoms with Gasteiger partial charge in [0.15, 0.2) is 0 Å². The minimum atomic E-state index is -0.0215. The van der Waals surface area contributed by atoms with Crippen LogP contribution in [-0.2, 0) is 0 Å². The van der Waals surface area contributed by atoms with Gasteiger partial charge in [0.1, 0.15) is 11.9 Å². The number of likely N-dealkylation sites (tertiary alicyclic amines) is 1. The lowest BCUT2D eigenvalue weighted by atomic mass is 10.1. The fourth-order valence-corrected chi connectivity index (χ4v) is 2.85. The lowest BCUT2D eigenvalue weighted by Crippen LogP contribution is -2.44. The highest BCUT2D eigenvalue weighted by Crippen LogP contribution is 2.18. The van der Waals surface area contributed by atoms with Crippen LogP contribution in [0.15, 0.2) is 36.5 Å². The second-order valence-corrected chi connectivity index (χ2v) is 5.94. The van der Waals surface area contributed by atoms with Gasteiger partial charge in [0.05, 0.1) is 6.54 Å². The molecular formula is C18H21N3O2. The van der Waals surface area contributed by atoms with Crippen LogP contribution in [0.3, 0.4) is 0 Å². The van der Waals surface area contributed by atoms with E-state index in [9.17, 15) is 4.79 Å². The first-order valence-corrected chi connectivity index (χ1v) is 7.94. The molecule has 0 aliphatic carbocycles. The molecular weight excluding hydrogens is 290 g/mol. The predicted molar refractivity (Wildman–Crippen MR) is 87.5 cm³/mol. The van der Waals surface area contributed by atoms with Gasteiger partial charge < -0.3 is 9.64 Å². The maximum atomic E-state index is 12.6. The molecule has 1 saturated heterocycles. The van der Waals surface area contributed by atoms with E-state index in [-0.39, 0.29) is 12.0 Å². The van der Waals surface area contributed by atoms with Crippen molar-refractivity contribution in [2.75, 3.05) is 13.1 Å². The van der Waals surface area contributed by atoms with Crippen LogP contribution in [0.2, 0.25) is 0 Å². The molecule has 2 heterocycles. The van der Waals surface area contributed by atoms with Crippen molar-refractivity contribution in [1.82, 2.24) is 14.9 Å². The van der Waals surface area contributed by atoms with Crippen LogP contribution < -0.4 is 4.74 Å². The summed E-state index contributed by atoms with van der Waals surface area (Å²) in [5.74, 6) is 1.33. The van der Waals surface area contributed by atoms with Gasteiger partial charge in [-0.1, -0.05) is 17.7 Å². The van der Waals surface area contributed by atoms with E-state index in [2.05, 4.69) is 9.97 Å². The molecule has 23 heavy (non-hydrogen) atoms. The molecule has 120 valence electrons. The molecule has 5 heteroatoms.